The van der Waals surface area contributed by atoms with Gasteiger partial charge in [-0.3, -0.25) is 0 Å². The van der Waals surface area contributed by atoms with Crippen LogP contribution >= 0.6 is 0 Å². The molecule has 0 fully saturated rings. The van der Waals surface area contributed by atoms with Crippen LogP contribution in [0.4, 0.5) is 5.69 Å². The summed E-state index contributed by atoms with van der Waals surface area (Å²) in [5.41, 5.74) is 1.25. The molecular weight excluding hydrogens is 149 g/mol. The van der Waals surface area contributed by atoms with Crippen molar-refractivity contribution in [3.8, 4) is 0 Å². The number of hydrogen-bond acceptors (Lipinski definition) is 2. The molecule has 0 unspecified atom stereocenters. The van der Waals surface area contributed by atoms with Crippen molar-refractivity contribution in [1.82, 2.24) is 0 Å². The molecule has 11 heavy (non-hydrogen) atoms. The van der Waals surface area contributed by atoms with E-state index in [2.05, 4.69) is 17.0 Å². The summed E-state index contributed by atoms with van der Waals surface area (Å²) in [4.78, 5) is 2.08. The van der Waals surface area contributed by atoms with Crippen LogP contribution in [0.15, 0.2) is 30.3 Å². The zero-order chi connectivity index (χ0) is 6.69. The summed E-state index contributed by atoms with van der Waals surface area (Å²) >= 11 is 0. The standard InChI is InChI=1S/C8H11N.Na.H2O/c1-9(2)8-6-4-3-5-7-8;;/h3-7H,1-2H3;;1H2/q;+1;/p-1. The van der Waals surface area contributed by atoms with Gasteiger partial charge in [-0.25, -0.2) is 0 Å². The van der Waals surface area contributed by atoms with Gasteiger partial charge in [-0.05, 0) is 12.1 Å². The first kappa shape index (κ1) is 13.6. The molecule has 0 bridgehead atoms. The molecule has 0 heterocycles. The van der Waals surface area contributed by atoms with Crippen molar-refractivity contribution < 1.29 is 35.0 Å². The van der Waals surface area contributed by atoms with E-state index in [1.54, 1.807) is 0 Å². The van der Waals surface area contributed by atoms with Crippen molar-refractivity contribution in [1.29, 1.82) is 0 Å². The number of benzene rings is 1. The molecule has 1 aromatic carbocycles. The Hall–Kier alpha value is -0.0200. The van der Waals surface area contributed by atoms with E-state index in [-0.39, 0.29) is 35.0 Å². The predicted octanol–water partition coefficient (Wildman–Crippen LogP) is -1.42. The molecule has 0 saturated carbocycles. The summed E-state index contributed by atoms with van der Waals surface area (Å²) in [6, 6.07) is 10.3. The summed E-state index contributed by atoms with van der Waals surface area (Å²) in [5.74, 6) is 0. The zero-order valence-electron chi connectivity index (χ0n) is 7.28. The number of anilines is 1. The molecule has 0 aliphatic carbocycles. The van der Waals surface area contributed by atoms with Gasteiger partial charge in [0.15, 0.2) is 0 Å². The van der Waals surface area contributed by atoms with Crippen LogP contribution in [0.25, 0.3) is 0 Å². The molecule has 0 spiro atoms. The van der Waals surface area contributed by atoms with E-state index in [1.165, 1.54) is 5.69 Å². The van der Waals surface area contributed by atoms with Crippen molar-refractivity contribution >= 4 is 5.69 Å². The summed E-state index contributed by atoms with van der Waals surface area (Å²) in [6.45, 7) is 0. The fraction of sp³-hybridized carbons (Fsp3) is 0.250. The van der Waals surface area contributed by atoms with E-state index in [4.69, 9.17) is 0 Å². The van der Waals surface area contributed by atoms with Crippen molar-refractivity contribution in [3.05, 3.63) is 30.3 Å². The Morgan fingerprint density at radius 1 is 1.00 bits per heavy atom. The van der Waals surface area contributed by atoms with Gasteiger partial charge in [-0.15, -0.1) is 0 Å². The number of para-hydroxylation sites is 1. The number of rotatable bonds is 1. The van der Waals surface area contributed by atoms with E-state index in [0.29, 0.717) is 0 Å². The molecule has 0 aliphatic rings. The minimum atomic E-state index is 0. The fourth-order valence-electron chi connectivity index (χ4n) is 0.726. The van der Waals surface area contributed by atoms with Crippen LogP contribution in [0.5, 0.6) is 0 Å². The normalized spacial score (nSPS) is 7.45. The summed E-state index contributed by atoms with van der Waals surface area (Å²) < 4.78 is 0. The fourth-order valence-corrected chi connectivity index (χ4v) is 0.726. The van der Waals surface area contributed by atoms with Crippen LogP contribution in [0.1, 0.15) is 0 Å². The third-order valence-corrected chi connectivity index (χ3v) is 1.27. The van der Waals surface area contributed by atoms with Gasteiger partial charge in [0.25, 0.3) is 0 Å². The van der Waals surface area contributed by atoms with Crippen molar-refractivity contribution in [2.75, 3.05) is 19.0 Å². The van der Waals surface area contributed by atoms with Crippen molar-refractivity contribution in [2.24, 2.45) is 0 Å². The molecule has 3 heteroatoms. The van der Waals surface area contributed by atoms with Gasteiger partial charge in [0, 0.05) is 19.8 Å². The van der Waals surface area contributed by atoms with E-state index < -0.39 is 0 Å². The van der Waals surface area contributed by atoms with E-state index in [1.807, 2.05) is 32.3 Å². The van der Waals surface area contributed by atoms with Crippen LogP contribution in [-0.4, -0.2) is 19.6 Å². The topological polar surface area (TPSA) is 33.2 Å². The van der Waals surface area contributed by atoms with Gasteiger partial charge in [-0.2, -0.15) is 0 Å². The molecule has 1 aromatic rings. The van der Waals surface area contributed by atoms with Crippen LogP contribution in [0.3, 0.4) is 0 Å². The van der Waals surface area contributed by atoms with E-state index >= 15 is 0 Å². The van der Waals surface area contributed by atoms with Crippen LogP contribution in [-0.2, 0) is 0 Å². The van der Waals surface area contributed by atoms with E-state index in [9.17, 15) is 0 Å². The van der Waals surface area contributed by atoms with Crippen molar-refractivity contribution in [2.45, 2.75) is 0 Å². The smallest absolute Gasteiger partial charge is 0.870 e. The second kappa shape index (κ2) is 6.68. The molecule has 0 amide bonds. The van der Waals surface area contributed by atoms with Gasteiger partial charge in [-0.1, -0.05) is 18.2 Å². The van der Waals surface area contributed by atoms with Gasteiger partial charge in [0.05, 0.1) is 0 Å². The second-order valence-electron chi connectivity index (χ2n) is 2.23. The SMILES string of the molecule is CN(C)c1ccccc1.[Na+].[OH-]. The van der Waals surface area contributed by atoms with Crippen LogP contribution in [0, 0.1) is 0 Å². The maximum Gasteiger partial charge on any atom is 1.00 e. The molecule has 0 atom stereocenters. The molecule has 0 aromatic heterocycles. The first-order valence-corrected chi connectivity index (χ1v) is 3.03. The van der Waals surface area contributed by atoms with Crippen LogP contribution in [0.2, 0.25) is 0 Å². The predicted molar refractivity (Wildman–Crippen MR) is 42.7 cm³/mol. The van der Waals surface area contributed by atoms with Gasteiger partial charge in [0.2, 0.25) is 0 Å². The van der Waals surface area contributed by atoms with Gasteiger partial charge >= 0.3 is 29.6 Å². The maximum absolute atomic E-state index is 2.08. The summed E-state index contributed by atoms with van der Waals surface area (Å²) in [6.07, 6.45) is 0. The zero-order valence-corrected chi connectivity index (χ0v) is 9.28. The first-order chi connectivity index (χ1) is 4.30. The Bertz CT molecular complexity index is 177. The van der Waals surface area contributed by atoms with Gasteiger partial charge in [0.1, 0.15) is 0 Å². The minimum Gasteiger partial charge on any atom is -0.870 e. The Kier molecular flexibility index (Phi) is 8.23. The Labute approximate surface area is 89.8 Å². The third kappa shape index (κ3) is 4.43. The summed E-state index contributed by atoms with van der Waals surface area (Å²) in [7, 11) is 4.07. The molecule has 2 nitrogen and oxygen atoms in total. The summed E-state index contributed by atoms with van der Waals surface area (Å²) in [5, 5.41) is 0. The molecule has 1 N–H and O–H groups in total. The Morgan fingerprint density at radius 3 is 1.73 bits per heavy atom. The third-order valence-electron chi connectivity index (χ3n) is 1.27. The molecule has 0 radical (unpaired) electrons. The molecule has 0 saturated heterocycles. The maximum atomic E-state index is 2.08. The quantitative estimate of drug-likeness (QED) is 0.474. The minimum absolute atomic E-state index is 0. The molecular formula is C8H12NNaO. The van der Waals surface area contributed by atoms with Crippen LogP contribution < -0.4 is 34.5 Å². The van der Waals surface area contributed by atoms with Gasteiger partial charge < -0.3 is 10.4 Å². The van der Waals surface area contributed by atoms with Crippen molar-refractivity contribution in [3.63, 3.8) is 0 Å². The monoisotopic (exact) mass is 161 g/mol. The molecule has 1 rings (SSSR count). The largest absolute Gasteiger partial charge is 1.00 e. The average Bonchev–Trinajstić information content (AvgIpc) is 1.90. The molecule has 0 aliphatic heterocycles. The average molecular weight is 161 g/mol. The second-order valence-corrected chi connectivity index (χ2v) is 2.23. The van der Waals surface area contributed by atoms with E-state index in [0.717, 1.165) is 0 Å². The first-order valence-electron chi connectivity index (χ1n) is 3.03. The Balaban J connectivity index is 0. The number of hydrogen-bond donors (Lipinski definition) is 0. The Morgan fingerprint density at radius 2 is 1.45 bits per heavy atom. The molecule has 56 valence electrons. The number of nitrogens with zero attached hydrogens (tertiary/aromatic N) is 1.